The molecule has 2 N–H and O–H groups in total. The minimum atomic E-state index is -1.04. The smallest absolute Gasteiger partial charge is 0.272 e. The van der Waals surface area contributed by atoms with Crippen molar-refractivity contribution in [1.82, 2.24) is 20.3 Å². The molecule has 0 saturated carbocycles. The Labute approximate surface area is 134 Å². The predicted molar refractivity (Wildman–Crippen MR) is 82.6 cm³/mol. The van der Waals surface area contributed by atoms with Gasteiger partial charge in [0, 0.05) is 19.0 Å². The molecule has 0 radical (unpaired) electrons. The van der Waals surface area contributed by atoms with Gasteiger partial charge in [-0.25, -0.2) is 18.7 Å². The van der Waals surface area contributed by atoms with Crippen LogP contribution in [0.5, 0.6) is 0 Å². The van der Waals surface area contributed by atoms with Crippen LogP contribution in [0.4, 0.5) is 8.78 Å². The lowest BCUT2D eigenvalue weighted by Gasteiger charge is -2.06. The molecule has 1 amide bonds. The molecule has 8 heteroatoms. The van der Waals surface area contributed by atoms with Crippen LogP contribution in [0.2, 0.25) is 0 Å². The molecule has 0 bridgehead atoms. The molecule has 122 valence electrons. The summed E-state index contributed by atoms with van der Waals surface area (Å²) in [7, 11) is 0. The average Bonchev–Trinajstić information content (AvgIpc) is 2.55. The number of carbonyl (C=O) groups is 1. The fraction of sp³-hybridized carbons (Fsp3) is 0.125. The number of hydrogen-bond donors (Lipinski definition) is 2. The average molecular weight is 330 g/mol. The Hall–Kier alpha value is -3.16. The van der Waals surface area contributed by atoms with Gasteiger partial charge in [-0.3, -0.25) is 9.59 Å². The van der Waals surface area contributed by atoms with Crippen molar-refractivity contribution < 1.29 is 13.6 Å². The van der Waals surface area contributed by atoms with Crippen molar-refractivity contribution in [2.24, 2.45) is 0 Å². The second kappa shape index (κ2) is 6.53. The lowest BCUT2D eigenvalue weighted by atomic mass is 10.2. The van der Waals surface area contributed by atoms with Crippen molar-refractivity contribution in [2.75, 3.05) is 6.54 Å². The Morgan fingerprint density at radius 2 is 2.04 bits per heavy atom. The monoisotopic (exact) mass is 330 g/mol. The van der Waals surface area contributed by atoms with E-state index in [1.165, 1.54) is 0 Å². The summed E-state index contributed by atoms with van der Waals surface area (Å²) in [6.45, 7) is 0.110. The van der Waals surface area contributed by atoms with E-state index < -0.39 is 23.2 Å². The summed E-state index contributed by atoms with van der Waals surface area (Å²) in [5.74, 6) is -2.27. The third-order valence-corrected chi connectivity index (χ3v) is 3.33. The number of carbonyl (C=O) groups excluding carboxylic acids is 1. The molecule has 0 fully saturated rings. The van der Waals surface area contributed by atoms with Gasteiger partial charge in [-0.2, -0.15) is 0 Å². The van der Waals surface area contributed by atoms with E-state index in [9.17, 15) is 18.4 Å². The van der Waals surface area contributed by atoms with Crippen LogP contribution < -0.4 is 10.9 Å². The number of fused-ring (bicyclic) bond motifs is 1. The Bertz CT molecular complexity index is 972. The van der Waals surface area contributed by atoms with Gasteiger partial charge in [-0.15, -0.1) is 0 Å². The molecule has 1 aromatic carbocycles. The normalized spacial score (nSPS) is 10.8. The summed E-state index contributed by atoms with van der Waals surface area (Å²) >= 11 is 0. The van der Waals surface area contributed by atoms with Crippen LogP contribution in [-0.2, 0) is 6.42 Å². The second-order valence-electron chi connectivity index (χ2n) is 5.02. The van der Waals surface area contributed by atoms with Gasteiger partial charge in [-0.05, 0) is 12.1 Å². The predicted octanol–water partition coefficient (Wildman–Crippen LogP) is 1.57. The number of para-hydroxylation sites is 1. The standard InChI is InChI=1S/C16H12F2N4O2/c17-9-7-11(18)14(20-8-9)16(24)19-6-5-13-21-12-4-2-1-3-10(12)15(23)22-13/h1-4,7-8H,5-6H2,(H,19,24)(H,21,22,23). The van der Waals surface area contributed by atoms with Crippen LogP contribution in [0.15, 0.2) is 41.3 Å². The summed E-state index contributed by atoms with van der Waals surface area (Å²) in [5.41, 5.74) is -0.210. The summed E-state index contributed by atoms with van der Waals surface area (Å²) < 4.78 is 26.2. The number of rotatable bonds is 4. The minimum Gasteiger partial charge on any atom is -0.350 e. The van der Waals surface area contributed by atoms with Crippen LogP contribution in [-0.4, -0.2) is 27.4 Å². The molecule has 0 atom stereocenters. The van der Waals surface area contributed by atoms with E-state index in [0.29, 0.717) is 22.8 Å². The maximum atomic E-state index is 13.5. The summed E-state index contributed by atoms with van der Waals surface area (Å²) in [5, 5.41) is 2.92. The van der Waals surface area contributed by atoms with Crippen LogP contribution in [0, 0.1) is 11.6 Å². The summed E-state index contributed by atoms with van der Waals surface area (Å²) in [6, 6.07) is 7.47. The SMILES string of the molecule is O=C(NCCc1nc2ccccc2c(=O)[nH]1)c1ncc(F)cc1F. The number of pyridine rings is 1. The van der Waals surface area contributed by atoms with Gasteiger partial charge in [0.2, 0.25) is 0 Å². The molecule has 6 nitrogen and oxygen atoms in total. The van der Waals surface area contributed by atoms with Gasteiger partial charge < -0.3 is 10.3 Å². The number of nitrogens with one attached hydrogen (secondary N) is 2. The van der Waals surface area contributed by atoms with E-state index in [4.69, 9.17) is 0 Å². The van der Waals surface area contributed by atoms with Crippen molar-refractivity contribution in [2.45, 2.75) is 6.42 Å². The van der Waals surface area contributed by atoms with Gasteiger partial charge in [-0.1, -0.05) is 12.1 Å². The highest BCUT2D eigenvalue weighted by molar-refractivity contribution is 5.92. The first kappa shape index (κ1) is 15.7. The van der Waals surface area contributed by atoms with Crippen molar-refractivity contribution >= 4 is 16.8 Å². The quantitative estimate of drug-likeness (QED) is 0.760. The first-order valence-electron chi connectivity index (χ1n) is 7.12. The molecule has 0 saturated heterocycles. The van der Waals surface area contributed by atoms with Gasteiger partial charge >= 0.3 is 0 Å². The third kappa shape index (κ3) is 3.27. The maximum absolute atomic E-state index is 13.5. The zero-order chi connectivity index (χ0) is 17.1. The number of benzene rings is 1. The molecule has 0 aliphatic rings. The molecule has 2 aromatic heterocycles. The van der Waals surface area contributed by atoms with Crippen LogP contribution in [0.3, 0.4) is 0 Å². The van der Waals surface area contributed by atoms with Crippen molar-refractivity contribution in [3.05, 3.63) is 70.0 Å². The number of halogens is 2. The molecule has 24 heavy (non-hydrogen) atoms. The van der Waals surface area contributed by atoms with E-state index in [2.05, 4.69) is 20.3 Å². The van der Waals surface area contributed by atoms with Gasteiger partial charge in [0.25, 0.3) is 11.5 Å². The molecule has 2 heterocycles. The largest absolute Gasteiger partial charge is 0.350 e. The van der Waals surface area contributed by atoms with Gasteiger partial charge in [0.15, 0.2) is 11.5 Å². The number of amides is 1. The Morgan fingerprint density at radius 3 is 2.83 bits per heavy atom. The Morgan fingerprint density at radius 1 is 1.25 bits per heavy atom. The molecule has 3 rings (SSSR count). The molecule has 0 spiro atoms. The first-order chi connectivity index (χ1) is 11.5. The highest BCUT2D eigenvalue weighted by Gasteiger charge is 2.14. The number of aromatic amines is 1. The molecular formula is C16H12F2N4O2. The third-order valence-electron chi connectivity index (χ3n) is 3.33. The fourth-order valence-electron chi connectivity index (χ4n) is 2.21. The van der Waals surface area contributed by atoms with Gasteiger partial charge in [0.1, 0.15) is 11.6 Å². The molecule has 0 aliphatic heterocycles. The summed E-state index contributed by atoms with van der Waals surface area (Å²) in [6.07, 6.45) is 1.01. The highest BCUT2D eigenvalue weighted by atomic mass is 19.1. The Balaban J connectivity index is 1.68. The second-order valence-corrected chi connectivity index (χ2v) is 5.02. The van der Waals surface area contributed by atoms with E-state index >= 15 is 0 Å². The lowest BCUT2D eigenvalue weighted by molar-refractivity contribution is 0.0944. The molecular weight excluding hydrogens is 318 g/mol. The first-order valence-corrected chi connectivity index (χ1v) is 7.12. The van der Waals surface area contributed by atoms with Crippen molar-refractivity contribution in [3.63, 3.8) is 0 Å². The zero-order valence-electron chi connectivity index (χ0n) is 12.3. The lowest BCUT2D eigenvalue weighted by Crippen LogP contribution is -2.28. The maximum Gasteiger partial charge on any atom is 0.272 e. The van der Waals surface area contributed by atoms with E-state index in [-0.39, 0.29) is 18.5 Å². The molecule has 0 aliphatic carbocycles. The van der Waals surface area contributed by atoms with Crippen molar-refractivity contribution in [3.8, 4) is 0 Å². The van der Waals surface area contributed by atoms with E-state index in [1.54, 1.807) is 24.3 Å². The fourth-order valence-corrected chi connectivity index (χ4v) is 2.21. The zero-order valence-corrected chi connectivity index (χ0v) is 12.3. The number of hydrogen-bond acceptors (Lipinski definition) is 4. The number of nitrogens with zero attached hydrogens (tertiary/aromatic N) is 2. The van der Waals surface area contributed by atoms with Gasteiger partial charge in [0.05, 0.1) is 17.1 Å². The van der Waals surface area contributed by atoms with Crippen LogP contribution >= 0.6 is 0 Å². The van der Waals surface area contributed by atoms with E-state index in [0.717, 1.165) is 6.20 Å². The number of aromatic nitrogens is 3. The Kier molecular flexibility index (Phi) is 4.28. The van der Waals surface area contributed by atoms with Crippen LogP contribution in [0.25, 0.3) is 10.9 Å². The molecule has 0 unspecified atom stereocenters. The van der Waals surface area contributed by atoms with E-state index in [1.807, 2.05) is 0 Å². The minimum absolute atomic E-state index is 0.110. The van der Waals surface area contributed by atoms with Crippen molar-refractivity contribution in [1.29, 1.82) is 0 Å². The topological polar surface area (TPSA) is 87.7 Å². The number of H-pyrrole nitrogens is 1. The summed E-state index contributed by atoms with van der Waals surface area (Å²) in [4.78, 5) is 34.1. The highest BCUT2D eigenvalue weighted by Crippen LogP contribution is 2.07. The molecule has 3 aromatic rings. The van der Waals surface area contributed by atoms with Crippen LogP contribution in [0.1, 0.15) is 16.3 Å².